The molecule has 0 aromatic carbocycles. The van der Waals surface area contributed by atoms with Crippen LogP contribution < -0.4 is 5.32 Å². The topological polar surface area (TPSA) is 24.5 Å². The fourth-order valence-electron chi connectivity index (χ4n) is 3.20. The van der Waals surface area contributed by atoms with Gasteiger partial charge in [0, 0.05) is 25.8 Å². The summed E-state index contributed by atoms with van der Waals surface area (Å²) in [5.41, 5.74) is 0. The Bertz CT molecular complexity index is 204. The minimum atomic E-state index is 0.832. The molecule has 2 fully saturated rings. The lowest BCUT2D eigenvalue weighted by Gasteiger charge is -2.38. The van der Waals surface area contributed by atoms with Crippen LogP contribution in [0, 0.1) is 5.92 Å². The minimum absolute atomic E-state index is 0.832. The van der Waals surface area contributed by atoms with E-state index in [2.05, 4.69) is 17.3 Å². The van der Waals surface area contributed by atoms with Crippen molar-refractivity contribution in [1.82, 2.24) is 10.2 Å². The highest BCUT2D eigenvalue weighted by molar-refractivity contribution is 4.80. The molecule has 17 heavy (non-hydrogen) atoms. The largest absolute Gasteiger partial charge is 0.381 e. The van der Waals surface area contributed by atoms with Crippen LogP contribution in [-0.2, 0) is 4.74 Å². The van der Waals surface area contributed by atoms with Crippen LogP contribution in [0.3, 0.4) is 0 Å². The predicted molar refractivity (Wildman–Crippen MR) is 71.3 cm³/mol. The van der Waals surface area contributed by atoms with Crippen molar-refractivity contribution in [1.29, 1.82) is 0 Å². The van der Waals surface area contributed by atoms with Gasteiger partial charge in [0.2, 0.25) is 0 Å². The lowest BCUT2D eigenvalue weighted by molar-refractivity contribution is 0.0374. The fraction of sp³-hybridized carbons (Fsp3) is 1.00. The molecule has 3 heteroatoms. The first-order chi connectivity index (χ1) is 8.40. The second-order valence-electron chi connectivity index (χ2n) is 5.59. The number of likely N-dealkylation sites (tertiary alicyclic amines) is 1. The average molecular weight is 240 g/mol. The molecule has 1 N–H and O–H groups in total. The molecule has 2 aliphatic rings. The van der Waals surface area contributed by atoms with Crippen LogP contribution in [0.1, 0.15) is 38.5 Å². The maximum atomic E-state index is 5.45. The second-order valence-corrected chi connectivity index (χ2v) is 5.59. The molecule has 100 valence electrons. The monoisotopic (exact) mass is 240 g/mol. The van der Waals surface area contributed by atoms with E-state index >= 15 is 0 Å². The summed E-state index contributed by atoms with van der Waals surface area (Å²) in [6.07, 6.45) is 8.10. The van der Waals surface area contributed by atoms with E-state index < -0.39 is 0 Å². The Hall–Kier alpha value is -0.120. The highest BCUT2D eigenvalue weighted by atomic mass is 16.5. The first-order valence-corrected chi connectivity index (χ1v) is 7.36. The highest BCUT2D eigenvalue weighted by Crippen LogP contribution is 2.23. The Morgan fingerprint density at radius 3 is 2.76 bits per heavy atom. The molecule has 2 heterocycles. The molecule has 2 aliphatic heterocycles. The van der Waals surface area contributed by atoms with Gasteiger partial charge in [-0.25, -0.2) is 0 Å². The second kappa shape index (κ2) is 7.34. The average Bonchev–Trinajstić information content (AvgIpc) is 2.39. The summed E-state index contributed by atoms with van der Waals surface area (Å²) in [4.78, 5) is 2.76. The normalized spacial score (nSPS) is 28.4. The number of rotatable bonds is 5. The van der Waals surface area contributed by atoms with E-state index in [9.17, 15) is 0 Å². The van der Waals surface area contributed by atoms with Crippen molar-refractivity contribution in [3.05, 3.63) is 0 Å². The lowest BCUT2D eigenvalue weighted by Crippen LogP contribution is -2.44. The van der Waals surface area contributed by atoms with Crippen LogP contribution in [0.15, 0.2) is 0 Å². The summed E-state index contributed by atoms with van der Waals surface area (Å²) in [5.74, 6) is 0.888. The maximum Gasteiger partial charge on any atom is 0.0469 e. The third-order valence-electron chi connectivity index (χ3n) is 4.31. The van der Waals surface area contributed by atoms with Gasteiger partial charge in [-0.15, -0.1) is 0 Å². The Balaban J connectivity index is 1.78. The molecule has 2 saturated heterocycles. The van der Waals surface area contributed by atoms with Gasteiger partial charge in [-0.1, -0.05) is 6.42 Å². The summed E-state index contributed by atoms with van der Waals surface area (Å²) < 4.78 is 5.45. The van der Waals surface area contributed by atoms with Gasteiger partial charge in [0.25, 0.3) is 0 Å². The molecule has 0 spiro atoms. The molecule has 1 unspecified atom stereocenters. The van der Waals surface area contributed by atoms with Crippen LogP contribution >= 0.6 is 0 Å². The van der Waals surface area contributed by atoms with E-state index in [0.717, 1.165) is 31.7 Å². The van der Waals surface area contributed by atoms with E-state index in [4.69, 9.17) is 4.74 Å². The number of piperidine rings is 1. The van der Waals surface area contributed by atoms with E-state index in [1.54, 1.807) is 0 Å². The molecule has 0 amide bonds. The minimum Gasteiger partial charge on any atom is -0.381 e. The standard InChI is InChI=1S/C14H28N2O/c1-15-8-5-14-4-2-3-9-16(14)12-13-6-10-17-11-7-13/h13-15H,2-12H2,1H3. The van der Waals surface area contributed by atoms with E-state index in [1.807, 2.05) is 0 Å². The fourth-order valence-corrected chi connectivity index (χ4v) is 3.20. The van der Waals surface area contributed by atoms with Gasteiger partial charge < -0.3 is 15.0 Å². The van der Waals surface area contributed by atoms with Gasteiger partial charge in [0.05, 0.1) is 0 Å². The van der Waals surface area contributed by atoms with Crippen molar-refractivity contribution in [2.24, 2.45) is 5.92 Å². The Kier molecular flexibility index (Phi) is 5.75. The molecule has 3 nitrogen and oxygen atoms in total. The zero-order valence-corrected chi connectivity index (χ0v) is 11.3. The SMILES string of the molecule is CNCCC1CCCCN1CC1CCOCC1. The molecular formula is C14H28N2O. The smallest absolute Gasteiger partial charge is 0.0469 e. The van der Waals surface area contributed by atoms with Crippen molar-refractivity contribution in [2.45, 2.75) is 44.6 Å². The molecule has 0 aromatic rings. The first kappa shape index (κ1) is 13.3. The van der Waals surface area contributed by atoms with Gasteiger partial charge in [-0.2, -0.15) is 0 Å². The van der Waals surface area contributed by atoms with Gasteiger partial charge in [0.15, 0.2) is 0 Å². The van der Waals surface area contributed by atoms with Crippen molar-refractivity contribution in [3.63, 3.8) is 0 Å². The quantitative estimate of drug-likeness (QED) is 0.794. The predicted octanol–water partition coefficient (Wildman–Crippen LogP) is 1.88. The van der Waals surface area contributed by atoms with Gasteiger partial charge in [0.1, 0.15) is 0 Å². The number of ether oxygens (including phenoxy) is 1. The Morgan fingerprint density at radius 2 is 2.00 bits per heavy atom. The maximum absolute atomic E-state index is 5.45. The zero-order valence-electron chi connectivity index (χ0n) is 11.3. The summed E-state index contributed by atoms with van der Waals surface area (Å²) in [7, 11) is 2.06. The first-order valence-electron chi connectivity index (χ1n) is 7.36. The van der Waals surface area contributed by atoms with Crippen molar-refractivity contribution in [3.8, 4) is 0 Å². The molecule has 1 atom stereocenters. The van der Waals surface area contributed by atoms with E-state index in [0.29, 0.717) is 0 Å². The number of hydrogen-bond donors (Lipinski definition) is 1. The summed E-state index contributed by atoms with van der Waals surface area (Å²) in [5, 5.41) is 3.29. The van der Waals surface area contributed by atoms with Crippen LogP contribution in [0.4, 0.5) is 0 Å². The molecular weight excluding hydrogens is 212 g/mol. The summed E-state index contributed by atoms with van der Waals surface area (Å²) >= 11 is 0. The molecule has 0 saturated carbocycles. The molecule has 0 radical (unpaired) electrons. The molecule has 0 aliphatic carbocycles. The van der Waals surface area contributed by atoms with Gasteiger partial charge in [-0.3, -0.25) is 0 Å². The van der Waals surface area contributed by atoms with Crippen LogP contribution in [-0.4, -0.2) is 50.8 Å². The zero-order chi connectivity index (χ0) is 11.9. The molecule has 2 rings (SSSR count). The molecule has 0 aromatic heterocycles. The van der Waals surface area contributed by atoms with Crippen LogP contribution in [0.25, 0.3) is 0 Å². The van der Waals surface area contributed by atoms with Crippen LogP contribution in [0.2, 0.25) is 0 Å². The summed E-state index contributed by atoms with van der Waals surface area (Å²) in [6.45, 7) is 5.78. The molecule has 0 bridgehead atoms. The Morgan fingerprint density at radius 1 is 1.18 bits per heavy atom. The number of nitrogens with zero attached hydrogens (tertiary/aromatic N) is 1. The van der Waals surface area contributed by atoms with Gasteiger partial charge >= 0.3 is 0 Å². The van der Waals surface area contributed by atoms with Crippen molar-refractivity contribution < 1.29 is 4.74 Å². The van der Waals surface area contributed by atoms with E-state index in [-0.39, 0.29) is 0 Å². The highest BCUT2D eigenvalue weighted by Gasteiger charge is 2.25. The van der Waals surface area contributed by atoms with Crippen molar-refractivity contribution >= 4 is 0 Å². The lowest BCUT2D eigenvalue weighted by atomic mass is 9.94. The van der Waals surface area contributed by atoms with Crippen molar-refractivity contribution in [2.75, 3.05) is 39.9 Å². The number of hydrogen-bond acceptors (Lipinski definition) is 3. The van der Waals surface area contributed by atoms with Gasteiger partial charge in [-0.05, 0) is 58.2 Å². The van der Waals surface area contributed by atoms with Crippen LogP contribution in [0.5, 0.6) is 0 Å². The van der Waals surface area contributed by atoms with E-state index in [1.165, 1.54) is 51.6 Å². The Labute approximate surface area is 106 Å². The number of nitrogens with one attached hydrogen (secondary N) is 1. The summed E-state index contributed by atoms with van der Waals surface area (Å²) in [6, 6.07) is 0.832. The third-order valence-corrected chi connectivity index (χ3v) is 4.31. The third kappa shape index (κ3) is 4.23.